The highest BCUT2D eigenvalue weighted by atomic mass is 35.5. The molecule has 0 bridgehead atoms. The number of hydrogen-bond acceptors (Lipinski definition) is 3. The monoisotopic (exact) mass is 256 g/mol. The number of nitrogens with two attached hydrogens (primary N) is 1. The normalized spacial score (nSPS) is 19.4. The zero-order valence-corrected chi connectivity index (χ0v) is 10.5. The SMILES string of the molecule is CC1CSc2cc(Cl)ccc2N1C(=O)CN. The molecule has 5 heteroatoms. The summed E-state index contributed by atoms with van der Waals surface area (Å²) in [7, 11) is 0. The van der Waals surface area contributed by atoms with E-state index >= 15 is 0 Å². The Hall–Kier alpha value is -0.710. The molecule has 1 amide bonds. The molecule has 16 heavy (non-hydrogen) atoms. The van der Waals surface area contributed by atoms with Crippen LogP contribution < -0.4 is 10.6 Å². The van der Waals surface area contributed by atoms with Gasteiger partial charge in [0.2, 0.25) is 5.91 Å². The number of carbonyl (C=O) groups is 1. The fourth-order valence-electron chi connectivity index (χ4n) is 1.80. The molecule has 0 aliphatic carbocycles. The van der Waals surface area contributed by atoms with E-state index in [-0.39, 0.29) is 18.5 Å². The van der Waals surface area contributed by atoms with Gasteiger partial charge in [-0.3, -0.25) is 4.79 Å². The second-order valence-corrected chi connectivity index (χ2v) is 5.24. The average Bonchev–Trinajstić information content (AvgIpc) is 2.28. The summed E-state index contributed by atoms with van der Waals surface area (Å²) in [5, 5.41) is 0.695. The van der Waals surface area contributed by atoms with Crippen molar-refractivity contribution in [3.05, 3.63) is 23.2 Å². The van der Waals surface area contributed by atoms with Crippen molar-refractivity contribution in [1.29, 1.82) is 0 Å². The maximum atomic E-state index is 11.8. The molecule has 0 saturated carbocycles. The van der Waals surface area contributed by atoms with Crippen LogP contribution in [0.2, 0.25) is 5.02 Å². The van der Waals surface area contributed by atoms with Crippen LogP contribution >= 0.6 is 23.4 Å². The van der Waals surface area contributed by atoms with E-state index in [1.165, 1.54) is 0 Å². The molecule has 0 spiro atoms. The molecule has 1 aromatic rings. The third-order valence-corrected chi connectivity index (χ3v) is 4.07. The number of carbonyl (C=O) groups excluding carboxylic acids is 1. The van der Waals surface area contributed by atoms with Crippen LogP contribution in [0.5, 0.6) is 0 Å². The Bertz CT molecular complexity index is 424. The van der Waals surface area contributed by atoms with Gasteiger partial charge in [0.05, 0.1) is 12.2 Å². The van der Waals surface area contributed by atoms with E-state index in [0.29, 0.717) is 5.02 Å². The lowest BCUT2D eigenvalue weighted by molar-refractivity contribution is -0.117. The van der Waals surface area contributed by atoms with Crippen molar-refractivity contribution in [1.82, 2.24) is 0 Å². The first kappa shape index (κ1) is 11.8. The standard InChI is InChI=1S/C11H13ClN2OS/c1-7-6-16-10-4-8(12)2-3-9(10)14(7)11(15)5-13/h2-4,7H,5-6,13H2,1H3. The fourth-order valence-corrected chi connectivity index (χ4v) is 3.13. The van der Waals surface area contributed by atoms with E-state index in [9.17, 15) is 4.79 Å². The highest BCUT2D eigenvalue weighted by Gasteiger charge is 2.27. The van der Waals surface area contributed by atoms with Gasteiger partial charge in [-0.1, -0.05) is 11.6 Å². The van der Waals surface area contributed by atoms with Gasteiger partial charge in [-0.05, 0) is 25.1 Å². The van der Waals surface area contributed by atoms with Gasteiger partial charge >= 0.3 is 0 Å². The molecule has 86 valence electrons. The number of fused-ring (bicyclic) bond motifs is 1. The zero-order valence-electron chi connectivity index (χ0n) is 8.94. The Morgan fingerprint density at radius 2 is 2.44 bits per heavy atom. The van der Waals surface area contributed by atoms with Gasteiger partial charge in [0.1, 0.15) is 0 Å². The molecule has 1 aliphatic heterocycles. The van der Waals surface area contributed by atoms with Gasteiger partial charge in [-0.15, -0.1) is 11.8 Å². The Morgan fingerprint density at radius 3 is 3.12 bits per heavy atom. The molecule has 1 atom stereocenters. The Morgan fingerprint density at radius 1 is 1.69 bits per heavy atom. The number of nitrogens with zero attached hydrogens (tertiary/aromatic N) is 1. The first-order valence-electron chi connectivity index (χ1n) is 5.08. The predicted octanol–water partition coefficient (Wildman–Crippen LogP) is 2.13. The summed E-state index contributed by atoms with van der Waals surface area (Å²) in [5.74, 6) is 0.829. The van der Waals surface area contributed by atoms with Crippen LogP contribution in [0.15, 0.2) is 23.1 Å². The number of rotatable bonds is 1. The van der Waals surface area contributed by atoms with Crippen molar-refractivity contribution in [2.24, 2.45) is 5.73 Å². The molecule has 1 aliphatic rings. The lowest BCUT2D eigenvalue weighted by atomic mass is 10.2. The van der Waals surface area contributed by atoms with E-state index in [2.05, 4.69) is 0 Å². The van der Waals surface area contributed by atoms with E-state index < -0.39 is 0 Å². The summed E-state index contributed by atoms with van der Waals surface area (Å²) >= 11 is 7.66. The van der Waals surface area contributed by atoms with Crippen LogP contribution in [0.1, 0.15) is 6.92 Å². The molecule has 1 aromatic carbocycles. The van der Waals surface area contributed by atoms with Gasteiger partial charge in [0, 0.05) is 21.7 Å². The molecule has 1 unspecified atom stereocenters. The average molecular weight is 257 g/mol. The van der Waals surface area contributed by atoms with Crippen LogP contribution in [0.3, 0.4) is 0 Å². The summed E-state index contributed by atoms with van der Waals surface area (Å²) in [4.78, 5) is 14.6. The quantitative estimate of drug-likeness (QED) is 0.837. The molecule has 1 heterocycles. The second kappa shape index (κ2) is 4.65. The highest BCUT2D eigenvalue weighted by molar-refractivity contribution is 7.99. The Labute approximate surface area is 104 Å². The van der Waals surface area contributed by atoms with E-state index in [1.807, 2.05) is 19.1 Å². The maximum absolute atomic E-state index is 11.8. The third-order valence-electron chi connectivity index (χ3n) is 2.55. The fraction of sp³-hybridized carbons (Fsp3) is 0.364. The third kappa shape index (κ3) is 2.05. The van der Waals surface area contributed by atoms with Gasteiger partial charge in [-0.2, -0.15) is 0 Å². The molecule has 0 fully saturated rings. The van der Waals surface area contributed by atoms with Crippen LogP contribution in [-0.4, -0.2) is 24.2 Å². The van der Waals surface area contributed by atoms with Gasteiger partial charge < -0.3 is 10.6 Å². The van der Waals surface area contributed by atoms with E-state index in [4.69, 9.17) is 17.3 Å². The van der Waals surface area contributed by atoms with E-state index in [1.54, 1.807) is 22.7 Å². The highest BCUT2D eigenvalue weighted by Crippen LogP contribution is 2.38. The minimum atomic E-state index is -0.0450. The van der Waals surface area contributed by atoms with E-state index in [0.717, 1.165) is 16.3 Å². The number of halogens is 1. The van der Waals surface area contributed by atoms with Crippen LogP contribution in [0, 0.1) is 0 Å². The molecular formula is C11H13ClN2OS. The number of hydrogen-bond donors (Lipinski definition) is 1. The summed E-state index contributed by atoms with van der Waals surface area (Å²) in [6.07, 6.45) is 0. The molecule has 0 aromatic heterocycles. The number of thioether (sulfide) groups is 1. The molecule has 0 saturated heterocycles. The molecule has 0 radical (unpaired) electrons. The van der Waals surface area contributed by atoms with Gasteiger partial charge in [-0.25, -0.2) is 0 Å². The Kier molecular flexibility index (Phi) is 3.42. The summed E-state index contributed by atoms with van der Waals surface area (Å²) in [6, 6.07) is 5.75. The summed E-state index contributed by atoms with van der Waals surface area (Å²) < 4.78 is 0. The second-order valence-electron chi connectivity index (χ2n) is 3.74. The van der Waals surface area contributed by atoms with Crippen molar-refractivity contribution < 1.29 is 4.79 Å². The van der Waals surface area contributed by atoms with Gasteiger partial charge in [0.15, 0.2) is 0 Å². The van der Waals surface area contributed by atoms with Crippen molar-refractivity contribution >= 4 is 35.0 Å². The minimum absolute atomic E-state index is 0.0388. The summed E-state index contributed by atoms with van der Waals surface area (Å²) in [5.41, 5.74) is 6.35. The topological polar surface area (TPSA) is 46.3 Å². The van der Waals surface area contributed by atoms with Gasteiger partial charge in [0.25, 0.3) is 0 Å². The van der Waals surface area contributed by atoms with Crippen molar-refractivity contribution in [3.8, 4) is 0 Å². The number of benzene rings is 1. The van der Waals surface area contributed by atoms with Crippen molar-refractivity contribution in [2.75, 3.05) is 17.2 Å². The molecule has 3 nitrogen and oxygen atoms in total. The largest absolute Gasteiger partial charge is 0.322 e. The zero-order chi connectivity index (χ0) is 11.7. The molecule has 2 rings (SSSR count). The number of anilines is 1. The first-order chi connectivity index (χ1) is 7.63. The Balaban J connectivity index is 2.44. The van der Waals surface area contributed by atoms with Crippen LogP contribution in [0.4, 0.5) is 5.69 Å². The predicted molar refractivity (Wildman–Crippen MR) is 68.2 cm³/mol. The minimum Gasteiger partial charge on any atom is -0.322 e. The number of amides is 1. The lowest BCUT2D eigenvalue weighted by Gasteiger charge is -2.34. The molecular weight excluding hydrogens is 244 g/mol. The smallest absolute Gasteiger partial charge is 0.241 e. The van der Waals surface area contributed by atoms with Crippen molar-refractivity contribution in [3.63, 3.8) is 0 Å². The first-order valence-corrected chi connectivity index (χ1v) is 6.44. The maximum Gasteiger partial charge on any atom is 0.241 e. The summed E-state index contributed by atoms with van der Waals surface area (Å²) in [6.45, 7) is 2.06. The van der Waals surface area contributed by atoms with Crippen LogP contribution in [0.25, 0.3) is 0 Å². The van der Waals surface area contributed by atoms with Crippen molar-refractivity contribution in [2.45, 2.75) is 17.9 Å². The molecule has 2 N–H and O–H groups in total. The lowest BCUT2D eigenvalue weighted by Crippen LogP contribution is -2.45. The van der Waals surface area contributed by atoms with Crippen LogP contribution in [-0.2, 0) is 4.79 Å².